The van der Waals surface area contributed by atoms with Crippen molar-refractivity contribution >= 4 is 22.5 Å². The minimum atomic E-state index is -0.0658. The van der Waals surface area contributed by atoms with Crippen LogP contribution in [0.25, 0.3) is 22.3 Å². The van der Waals surface area contributed by atoms with Crippen LogP contribution in [0.1, 0.15) is 25.0 Å². The number of aromatic nitrogens is 3. The van der Waals surface area contributed by atoms with Gasteiger partial charge in [0.1, 0.15) is 0 Å². The number of H-pyrrole nitrogens is 1. The average Bonchev–Trinajstić information content (AvgIpc) is 3.04. The average molecular weight is 308 g/mol. The molecule has 2 aromatic heterocycles. The van der Waals surface area contributed by atoms with E-state index in [-0.39, 0.29) is 11.8 Å². The molecule has 3 rings (SSSR count). The predicted molar refractivity (Wildman–Crippen MR) is 92.3 cm³/mol. The smallest absolute Gasteiger partial charge is 0.226 e. The van der Waals surface area contributed by atoms with Gasteiger partial charge in [0.05, 0.1) is 22.6 Å². The summed E-state index contributed by atoms with van der Waals surface area (Å²) in [6.07, 6.45) is 1.71. The van der Waals surface area contributed by atoms with Crippen molar-refractivity contribution in [1.29, 1.82) is 0 Å². The van der Waals surface area contributed by atoms with Gasteiger partial charge in [0, 0.05) is 17.5 Å². The molecule has 0 bridgehead atoms. The number of aromatic amines is 1. The summed E-state index contributed by atoms with van der Waals surface area (Å²) in [6.45, 7) is 7.83. The summed E-state index contributed by atoms with van der Waals surface area (Å²) in [5.41, 5.74) is 5.59. The Labute approximate surface area is 135 Å². The molecule has 0 aliphatic rings. The molecule has 0 atom stereocenters. The van der Waals surface area contributed by atoms with Crippen molar-refractivity contribution in [2.24, 2.45) is 5.92 Å². The quantitative estimate of drug-likeness (QED) is 0.772. The molecule has 0 aliphatic carbocycles. The van der Waals surface area contributed by atoms with Gasteiger partial charge in [-0.2, -0.15) is 5.10 Å². The van der Waals surface area contributed by atoms with Crippen molar-refractivity contribution in [2.75, 3.05) is 5.32 Å². The van der Waals surface area contributed by atoms with Crippen molar-refractivity contribution < 1.29 is 4.79 Å². The fourth-order valence-corrected chi connectivity index (χ4v) is 2.59. The number of hydrogen-bond acceptors (Lipinski definition) is 3. The Bertz CT molecular complexity index is 866. The first-order valence-electron chi connectivity index (χ1n) is 7.69. The van der Waals surface area contributed by atoms with Crippen LogP contribution in [0.2, 0.25) is 0 Å². The van der Waals surface area contributed by atoms with Crippen molar-refractivity contribution in [3.63, 3.8) is 0 Å². The SMILES string of the molecule is Cc1ccc(NC(=O)C(C)C)c2c(C)cc(-c3ccn[nH]3)nc12. The summed E-state index contributed by atoms with van der Waals surface area (Å²) >= 11 is 0. The van der Waals surface area contributed by atoms with Gasteiger partial charge in [-0.1, -0.05) is 19.9 Å². The molecule has 1 aromatic carbocycles. The van der Waals surface area contributed by atoms with E-state index in [1.54, 1.807) is 6.20 Å². The second kappa shape index (κ2) is 5.83. The molecule has 0 radical (unpaired) electrons. The highest BCUT2D eigenvalue weighted by molar-refractivity contribution is 6.04. The molecule has 0 aliphatic heterocycles. The molecule has 5 nitrogen and oxygen atoms in total. The molecule has 118 valence electrons. The Kier molecular flexibility index (Phi) is 3.86. The molecule has 5 heteroatoms. The number of hydrogen-bond donors (Lipinski definition) is 2. The summed E-state index contributed by atoms with van der Waals surface area (Å²) in [6, 6.07) is 7.84. The van der Waals surface area contributed by atoms with E-state index in [9.17, 15) is 4.79 Å². The number of carbonyl (C=O) groups is 1. The van der Waals surface area contributed by atoms with Crippen molar-refractivity contribution in [1.82, 2.24) is 15.2 Å². The van der Waals surface area contributed by atoms with Gasteiger partial charge in [0.25, 0.3) is 0 Å². The number of nitrogens with zero attached hydrogens (tertiary/aromatic N) is 2. The highest BCUT2D eigenvalue weighted by atomic mass is 16.1. The van der Waals surface area contributed by atoms with E-state index in [2.05, 4.69) is 15.5 Å². The normalized spacial score (nSPS) is 11.2. The van der Waals surface area contributed by atoms with Crippen LogP contribution in [0, 0.1) is 19.8 Å². The lowest BCUT2D eigenvalue weighted by Gasteiger charge is -2.14. The van der Waals surface area contributed by atoms with Gasteiger partial charge in [0.2, 0.25) is 5.91 Å². The number of rotatable bonds is 3. The summed E-state index contributed by atoms with van der Waals surface area (Å²) in [5, 5.41) is 10.9. The van der Waals surface area contributed by atoms with E-state index in [4.69, 9.17) is 4.98 Å². The molecule has 0 unspecified atom stereocenters. The van der Waals surface area contributed by atoms with E-state index >= 15 is 0 Å². The highest BCUT2D eigenvalue weighted by Gasteiger charge is 2.14. The number of nitrogens with one attached hydrogen (secondary N) is 2. The van der Waals surface area contributed by atoms with Gasteiger partial charge in [-0.25, -0.2) is 4.98 Å². The third-order valence-corrected chi connectivity index (χ3v) is 3.92. The van der Waals surface area contributed by atoms with E-state index in [1.165, 1.54) is 0 Å². The number of pyridine rings is 1. The number of aryl methyl sites for hydroxylation is 2. The maximum absolute atomic E-state index is 12.1. The lowest BCUT2D eigenvalue weighted by atomic mass is 10.0. The molecular formula is C18H20N4O. The zero-order valence-corrected chi connectivity index (χ0v) is 13.8. The second-order valence-corrected chi connectivity index (χ2v) is 6.09. The van der Waals surface area contributed by atoms with Gasteiger partial charge in [0.15, 0.2) is 0 Å². The Morgan fingerprint density at radius 1 is 1.17 bits per heavy atom. The van der Waals surface area contributed by atoms with Gasteiger partial charge in [-0.3, -0.25) is 9.89 Å². The molecule has 0 saturated carbocycles. The van der Waals surface area contributed by atoms with Crippen LogP contribution < -0.4 is 5.32 Å². The summed E-state index contributed by atoms with van der Waals surface area (Å²) in [7, 11) is 0. The largest absolute Gasteiger partial charge is 0.325 e. The zero-order valence-electron chi connectivity index (χ0n) is 13.8. The Balaban J connectivity index is 2.18. The summed E-state index contributed by atoms with van der Waals surface area (Å²) < 4.78 is 0. The van der Waals surface area contributed by atoms with Crippen molar-refractivity contribution in [3.8, 4) is 11.4 Å². The predicted octanol–water partition coefficient (Wildman–Crippen LogP) is 3.84. The summed E-state index contributed by atoms with van der Waals surface area (Å²) in [5.74, 6) is -0.0592. The Morgan fingerprint density at radius 2 is 1.96 bits per heavy atom. The van der Waals surface area contributed by atoms with Crippen LogP contribution in [-0.4, -0.2) is 21.1 Å². The van der Waals surface area contributed by atoms with Crippen LogP contribution in [-0.2, 0) is 4.79 Å². The molecule has 2 N–H and O–H groups in total. The Morgan fingerprint density at radius 3 is 2.61 bits per heavy atom. The molecule has 2 heterocycles. The second-order valence-electron chi connectivity index (χ2n) is 6.09. The molecule has 1 amide bonds. The summed E-state index contributed by atoms with van der Waals surface area (Å²) in [4.78, 5) is 16.8. The van der Waals surface area contributed by atoms with Crippen molar-refractivity contribution in [2.45, 2.75) is 27.7 Å². The molecule has 0 spiro atoms. The van der Waals surface area contributed by atoms with E-state index in [1.807, 2.05) is 52.0 Å². The lowest BCUT2D eigenvalue weighted by Crippen LogP contribution is -2.18. The standard InChI is InChI=1S/C18H20N4O/c1-10(2)18(23)21-14-6-5-11(3)17-16(14)12(4)9-15(20-17)13-7-8-19-22-13/h5-10H,1-4H3,(H,19,22)(H,21,23). The highest BCUT2D eigenvalue weighted by Crippen LogP contribution is 2.31. The van der Waals surface area contributed by atoms with Crippen molar-refractivity contribution in [3.05, 3.63) is 41.6 Å². The molecular weight excluding hydrogens is 288 g/mol. The molecule has 0 saturated heterocycles. The third kappa shape index (κ3) is 2.82. The first-order chi connectivity index (χ1) is 11.0. The fourth-order valence-electron chi connectivity index (χ4n) is 2.59. The fraction of sp³-hybridized carbons (Fsp3) is 0.278. The van der Waals surface area contributed by atoms with Gasteiger partial charge in [-0.15, -0.1) is 0 Å². The topological polar surface area (TPSA) is 70.7 Å². The number of amides is 1. The Hall–Kier alpha value is -2.69. The lowest BCUT2D eigenvalue weighted by molar-refractivity contribution is -0.118. The first-order valence-corrected chi connectivity index (χ1v) is 7.69. The number of fused-ring (bicyclic) bond motifs is 1. The maximum atomic E-state index is 12.1. The zero-order chi connectivity index (χ0) is 16.6. The van der Waals surface area contributed by atoms with Crippen LogP contribution in [0.4, 0.5) is 5.69 Å². The first kappa shape index (κ1) is 15.2. The van der Waals surface area contributed by atoms with E-state index in [0.29, 0.717) is 0 Å². The van der Waals surface area contributed by atoms with Gasteiger partial charge >= 0.3 is 0 Å². The van der Waals surface area contributed by atoms with Crippen LogP contribution in [0.5, 0.6) is 0 Å². The number of benzene rings is 1. The molecule has 3 aromatic rings. The van der Waals surface area contributed by atoms with Crippen LogP contribution in [0.3, 0.4) is 0 Å². The van der Waals surface area contributed by atoms with E-state index < -0.39 is 0 Å². The third-order valence-electron chi connectivity index (χ3n) is 3.92. The van der Waals surface area contributed by atoms with Crippen LogP contribution in [0.15, 0.2) is 30.5 Å². The maximum Gasteiger partial charge on any atom is 0.226 e. The monoisotopic (exact) mass is 308 g/mol. The van der Waals surface area contributed by atoms with Crippen LogP contribution >= 0.6 is 0 Å². The number of carbonyl (C=O) groups excluding carboxylic acids is 1. The minimum absolute atomic E-state index is 0.00666. The molecule has 0 fully saturated rings. The molecule has 23 heavy (non-hydrogen) atoms. The van der Waals surface area contributed by atoms with Gasteiger partial charge < -0.3 is 5.32 Å². The minimum Gasteiger partial charge on any atom is -0.325 e. The number of anilines is 1. The van der Waals surface area contributed by atoms with Gasteiger partial charge in [-0.05, 0) is 43.2 Å². The van der Waals surface area contributed by atoms with E-state index in [0.717, 1.165) is 39.1 Å².